The van der Waals surface area contributed by atoms with E-state index in [4.69, 9.17) is 15.1 Å². The summed E-state index contributed by atoms with van der Waals surface area (Å²) in [5, 5.41) is 7.64. The molecule has 96 valence electrons. The van der Waals surface area contributed by atoms with Gasteiger partial charge >= 0.3 is 0 Å². The first kappa shape index (κ1) is 13.0. The Labute approximate surface area is 109 Å². The molecule has 0 radical (unpaired) electrons. The van der Waals surface area contributed by atoms with Crippen molar-refractivity contribution in [3.63, 3.8) is 0 Å². The highest BCUT2D eigenvalue weighted by Crippen LogP contribution is 2.18. The molecule has 2 rings (SSSR count). The molecule has 0 aliphatic carbocycles. The fourth-order valence-electron chi connectivity index (χ4n) is 1.38. The van der Waals surface area contributed by atoms with Crippen molar-refractivity contribution in [1.29, 1.82) is 0 Å². The largest absolute Gasteiger partial charge is 0.421 e. The van der Waals surface area contributed by atoms with E-state index in [1.807, 2.05) is 31.2 Å². The molecule has 0 fully saturated rings. The molecule has 7 heteroatoms. The number of aryl methyl sites for hydroxylation is 2. The Morgan fingerprint density at radius 2 is 1.89 bits per heavy atom. The summed E-state index contributed by atoms with van der Waals surface area (Å²) in [5.74, 6) is 0.413. The molecule has 1 heterocycles. The number of hydrogen-bond donors (Lipinski definition) is 0. The van der Waals surface area contributed by atoms with Gasteiger partial charge in [0.2, 0.25) is 20.8 Å². The zero-order chi connectivity index (χ0) is 13.2. The summed E-state index contributed by atoms with van der Waals surface area (Å²) in [7, 11) is 1.57. The van der Waals surface area contributed by atoms with Gasteiger partial charge in [0.1, 0.15) is 0 Å². The van der Waals surface area contributed by atoms with Crippen molar-refractivity contribution in [3.8, 4) is 11.5 Å². The van der Waals surface area contributed by atoms with Gasteiger partial charge < -0.3 is 4.42 Å². The van der Waals surface area contributed by atoms with Crippen LogP contribution in [0, 0.1) is 6.92 Å². The number of halogens is 1. The molecule has 0 aliphatic heterocycles. The number of rotatable bonds is 4. The van der Waals surface area contributed by atoms with E-state index in [0.29, 0.717) is 5.89 Å². The van der Waals surface area contributed by atoms with Gasteiger partial charge in [-0.15, -0.1) is 10.2 Å². The zero-order valence-corrected chi connectivity index (χ0v) is 11.2. The van der Waals surface area contributed by atoms with E-state index in [0.717, 1.165) is 11.1 Å². The Morgan fingerprint density at radius 3 is 2.50 bits per heavy atom. The average Bonchev–Trinajstić information content (AvgIpc) is 2.75. The van der Waals surface area contributed by atoms with Crippen molar-refractivity contribution in [2.45, 2.75) is 13.3 Å². The molecule has 0 atom stereocenters. The van der Waals surface area contributed by atoms with Crippen LogP contribution in [-0.2, 0) is 15.5 Å². The first-order valence-corrected chi connectivity index (χ1v) is 7.74. The van der Waals surface area contributed by atoms with Gasteiger partial charge in [-0.1, -0.05) is 17.7 Å². The van der Waals surface area contributed by atoms with Crippen molar-refractivity contribution in [3.05, 3.63) is 35.7 Å². The van der Waals surface area contributed by atoms with E-state index < -0.39 is 9.05 Å². The third-order valence-electron chi connectivity index (χ3n) is 2.33. The van der Waals surface area contributed by atoms with Crippen LogP contribution in [0.5, 0.6) is 0 Å². The maximum Gasteiger partial charge on any atom is 0.247 e. The van der Waals surface area contributed by atoms with Crippen LogP contribution in [-0.4, -0.2) is 24.4 Å². The van der Waals surface area contributed by atoms with Gasteiger partial charge in [0, 0.05) is 22.7 Å². The minimum absolute atomic E-state index is 0.116. The second kappa shape index (κ2) is 5.07. The molecule has 1 aromatic heterocycles. The van der Waals surface area contributed by atoms with E-state index in [1.54, 1.807) is 0 Å². The quantitative estimate of drug-likeness (QED) is 0.805. The SMILES string of the molecule is Cc1ccc(-c2nnc(CCS(=O)(=O)Cl)o2)cc1. The van der Waals surface area contributed by atoms with Crippen LogP contribution in [0.2, 0.25) is 0 Å². The molecule has 0 saturated carbocycles. The van der Waals surface area contributed by atoms with Gasteiger partial charge in [0.05, 0.1) is 5.75 Å². The zero-order valence-electron chi connectivity index (χ0n) is 9.63. The summed E-state index contributed by atoms with van der Waals surface area (Å²) in [4.78, 5) is 0. The summed E-state index contributed by atoms with van der Waals surface area (Å²) >= 11 is 0. The van der Waals surface area contributed by atoms with Gasteiger partial charge in [-0.05, 0) is 19.1 Å². The normalized spacial score (nSPS) is 11.7. The second-order valence-corrected chi connectivity index (χ2v) is 6.76. The van der Waals surface area contributed by atoms with E-state index in [9.17, 15) is 8.42 Å². The minimum Gasteiger partial charge on any atom is -0.421 e. The predicted octanol–water partition coefficient (Wildman–Crippen LogP) is 2.16. The summed E-state index contributed by atoms with van der Waals surface area (Å²) in [6.07, 6.45) is 0.116. The van der Waals surface area contributed by atoms with Crippen LogP contribution in [0.4, 0.5) is 0 Å². The Kier molecular flexibility index (Phi) is 3.68. The lowest BCUT2D eigenvalue weighted by Crippen LogP contribution is -2.01. The fraction of sp³-hybridized carbons (Fsp3) is 0.273. The molecule has 0 saturated heterocycles. The van der Waals surface area contributed by atoms with Crippen molar-refractivity contribution < 1.29 is 12.8 Å². The molecule has 0 aliphatic rings. The summed E-state index contributed by atoms with van der Waals surface area (Å²) in [5.41, 5.74) is 1.93. The molecular formula is C11H11ClN2O3S. The lowest BCUT2D eigenvalue weighted by Gasteiger charge is -1.95. The third-order valence-corrected chi connectivity index (χ3v) is 3.48. The molecule has 1 aromatic carbocycles. The summed E-state index contributed by atoms with van der Waals surface area (Å²) < 4.78 is 26.9. The number of aromatic nitrogens is 2. The second-order valence-electron chi connectivity index (χ2n) is 3.86. The van der Waals surface area contributed by atoms with E-state index >= 15 is 0 Å². The topological polar surface area (TPSA) is 73.1 Å². The van der Waals surface area contributed by atoms with Crippen molar-refractivity contribution in [1.82, 2.24) is 10.2 Å². The fourth-order valence-corrected chi connectivity index (χ4v) is 2.03. The predicted molar refractivity (Wildman–Crippen MR) is 67.8 cm³/mol. The van der Waals surface area contributed by atoms with Crippen LogP contribution in [0.25, 0.3) is 11.5 Å². The van der Waals surface area contributed by atoms with Crippen LogP contribution in [0.3, 0.4) is 0 Å². The molecule has 0 N–H and O–H groups in total. The Hall–Kier alpha value is -1.40. The molecule has 5 nitrogen and oxygen atoms in total. The van der Waals surface area contributed by atoms with Crippen LogP contribution in [0.1, 0.15) is 11.5 Å². The molecule has 0 bridgehead atoms. The molecule has 0 unspecified atom stereocenters. The third kappa shape index (κ3) is 3.54. The van der Waals surface area contributed by atoms with Crippen molar-refractivity contribution >= 4 is 19.7 Å². The highest BCUT2D eigenvalue weighted by molar-refractivity contribution is 8.13. The monoisotopic (exact) mass is 286 g/mol. The molecular weight excluding hydrogens is 276 g/mol. The number of hydrogen-bond acceptors (Lipinski definition) is 5. The maximum atomic E-state index is 10.8. The van der Waals surface area contributed by atoms with E-state index in [2.05, 4.69) is 10.2 Å². The Balaban J connectivity index is 2.13. The van der Waals surface area contributed by atoms with Gasteiger partial charge in [0.25, 0.3) is 0 Å². The Bertz CT molecular complexity index is 635. The van der Waals surface area contributed by atoms with Gasteiger partial charge in [-0.25, -0.2) is 8.42 Å². The molecule has 0 spiro atoms. The first-order chi connectivity index (χ1) is 8.44. The average molecular weight is 287 g/mol. The lowest BCUT2D eigenvalue weighted by molar-refractivity contribution is 0.511. The van der Waals surface area contributed by atoms with Crippen molar-refractivity contribution in [2.24, 2.45) is 0 Å². The maximum absolute atomic E-state index is 10.8. The Morgan fingerprint density at radius 1 is 1.22 bits per heavy atom. The van der Waals surface area contributed by atoms with Crippen molar-refractivity contribution in [2.75, 3.05) is 5.75 Å². The standard InChI is InChI=1S/C11H11ClN2O3S/c1-8-2-4-9(5-3-8)11-14-13-10(17-11)6-7-18(12,15)16/h2-5H,6-7H2,1H3. The first-order valence-electron chi connectivity index (χ1n) is 5.26. The highest BCUT2D eigenvalue weighted by atomic mass is 35.7. The minimum atomic E-state index is -3.54. The van der Waals surface area contributed by atoms with Crippen LogP contribution < -0.4 is 0 Å². The van der Waals surface area contributed by atoms with Gasteiger partial charge in [-0.3, -0.25) is 0 Å². The smallest absolute Gasteiger partial charge is 0.247 e. The van der Waals surface area contributed by atoms with Gasteiger partial charge in [0.15, 0.2) is 0 Å². The lowest BCUT2D eigenvalue weighted by atomic mass is 10.1. The molecule has 18 heavy (non-hydrogen) atoms. The van der Waals surface area contributed by atoms with Crippen LogP contribution in [0.15, 0.2) is 28.7 Å². The molecule has 0 amide bonds. The van der Waals surface area contributed by atoms with E-state index in [-0.39, 0.29) is 18.1 Å². The van der Waals surface area contributed by atoms with Crippen LogP contribution >= 0.6 is 10.7 Å². The summed E-state index contributed by atoms with van der Waals surface area (Å²) in [6.45, 7) is 1.98. The number of nitrogens with zero attached hydrogens (tertiary/aromatic N) is 2. The number of benzene rings is 1. The van der Waals surface area contributed by atoms with E-state index in [1.165, 1.54) is 0 Å². The highest BCUT2D eigenvalue weighted by Gasteiger charge is 2.12. The van der Waals surface area contributed by atoms with Gasteiger partial charge in [-0.2, -0.15) is 0 Å². The molecule has 2 aromatic rings. The summed E-state index contributed by atoms with van der Waals surface area (Å²) in [6, 6.07) is 7.60.